The standard InChI is InChI=1S/C31H44F4N2O/c1-3-5-6-11-26(38-21-4-2)22-37-28-13-7-8-20-36-30(29(28)32)27(24-16-17-24)12-9-10-23-14-18-25(19-15-23)31(33,34)35/h13-15,18-20,24,26-27,37H,3-12,16-17,21-22H2,1-2H3/b28-13+,30-29+,36-20+. The Labute approximate surface area is 225 Å². The molecule has 0 aromatic heterocycles. The molecule has 1 saturated carbocycles. The number of aryl methyl sites for hydroxylation is 1. The van der Waals surface area contributed by atoms with E-state index in [1.807, 2.05) is 12.3 Å². The second-order valence-electron chi connectivity index (χ2n) is 10.6. The van der Waals surface area contributed by atoms with Crippen molar-refractivity contribution in [1.29, 1.82) is 0 Å². The molecule has 0 radical (unpaired) electrons. The van der Waals surface area contributed by atoms with Gasteiger partial charge in [0.2, 0.25) is 0 Å². The second kappa shape index (κ2) is 15.4. The molecule has 1 N–H and O–H groups in total. The fraction of sp³-hybridized carbons (Fsp3) is 0.645. The SMILES string of the molecule is CCCCCC(CNC1=C/CC/C=N/C(C(CCCc2ccc(C(F)(F)F)cc2)C2CC2)=C\1F)OCCC. The van der Waals surface area contributed by atoms with Crippen LogP contribution in [0.3, 0.4) is 0 Å². The topological polar surface area (TPSA) is 33.6 Å². The predicted molar refractivity (Wildman–Crippen MR) is 147 cm³/mol. The molecule has 38 heavy (non-hydrogen) atoms. The average Bonchev–Trinajstić information content (AvgIpc) is 3.73. The number of hydrogen-bond donors (Lipinski definition) is 1. The quantitative estimate of drug-likeness (QED) is 0.169. The van der Waals surface area contributed by atoms with Gasteiger partial charge in [0.05, 0.1) is 23.1 Å². The predicted octanol–water partition coefficient (Wildman–Crippen LogP) is 8.95. The molecule has 1 aliphatic heterocycles. The van der Waals surface area contributed by atoms with Crippen LogP contribution < -0.4 is 5.32 Å². The van der Waals surface area contributed by atoms with Crippen LogP contribution in [0.25, 0.3) is 0 Å². The molecule has 1 aromatic carbocycles. The Bertz CT molecular complexity index is 932. The van der Waals surface area contributed by atoms with Gasteiger partial charge in [-0.25, -0.2) is 4.39 Å². The van der Waals surface area contributed by atoms with Gasteiger partial charge in [-0.15, -0.1) is 0 Å². The minimum Gasteiger partial charge on any atom is -0.380 e. The molecule has 3 rings (SSSR count). The number of nitrogens with zero attached hydrogens (tertiary/aromatic N) is 1. The van der Waals surface area contributed by atoms with Crippen molar-refractivity contribution >= 4 is 6.21 Å². The summed E-state index contributed by atoms with van der Waals surface area (Å²) in [5.74, 6) is 0.159. The Morgan fingerprint density at radius 1 is 1.00 bits per heavy atom. The van der Waals surface area contributed by atoms with Gasteiger partial charge in [-0.05, 0) is 81.4 Å². The van der Waals surface area contributed by atoms with Crippen molar-refractivity contribution in [1.82, 2.24) is 5.32 Å². The zero-order valence-corrected chi connectivity index (χ0v) is 23.0. The Morgan fingerprint density at radius 2 is 1.76 bits per heavy atom. The van der Waals surface area contributed by atoms with Crippen LogP contribution in [0.4, 0.5) is 17.6 Å². The number of benzene rings is 1. The van der Waals surface area contributed by atoms with E-state index in [9.17, 15) is 13.2 Å². The minimum atomic E-state index is -4.33. The van der Waals surface area contributed by atoms with Crippen LogP contribution in [-0.2, 0) is 17.3 Å². The fourth-order valence-corrected chi connectivity index (χ4v) is 5.01. The summed E-state index contributed by atoms with van der Waals surface area (Å²) in [4.78, 5) is 4.62. The molecular weight excluding hydrogens is 492 g/mol. The van der Waals surface area contributed by atoms with Crippen molar-refractivity contribution in [2.24, 2.45) is 16.8 Å². The van der Waals surface area contributed by atoms with Crippen molar-refractivity contribution in [3.05, 3.63) is 58.7 Å². The summed E-state index contributed by atoms with van der Waals surface area (Å²) in [6.07, 6.45) is 10.6. The number of rotatable bonds is 16. The first-order valence-corrected chi connectivity index (χ1v) is 14.5. The van der Waals surface area contributed by atoms with E-state index in [4.69, 9.17) is 4.74 Å². The summed E-state index contributed by atoms with van der Waals surface area (Å²) in [5.41, 5.74) is 1.28. The normalized spacial score (nSPS) is 22.2. The molecular formula is C31H44F4N2O. The molecule has 1 aliphatic carbocycles. The second-order valence-corrected chi connectivity index (χ2v) is 10.6. The molecule has 2 aliphatic rings. The lowest BCUT2D eigenvalue weighted by molar-refractivity contribution is -0.137. The van der Waals surface area contributed by atoms with Gasteiger partial charge in [-0.3, -0.25) is 4.99 Å². The third kappa shape index (κ3) is 9.87. The molecule has 0 bridgehead atoms. The number of hydrogen-bond acceptors (Lipinski definition) is 3. The van der Waals surface area contributed by atoms with Crippen molar-refractivity contribution in [2.75, 3.05) is 13.2 Å². The van der Waals surface area contributed by atoms with Crippen LogP contribution in [0.5, 0.6) is 0 Å². The zero-order valence-electron chi connectivity index (χ0n) is 23.0. The first-order chi connectivity index (χ1) is 18.3. The molecule has 1 heterocycles. The van der Waals surface area contributed by atoms with E-state index < -0.39 is 11.7 Å². The van der Waals surface area contributed by atoms with E-state index in [0.29, 0.717) is 36.9 Å². The Hall–Kier alpha value is -2.15. The molecule has 0 spiro atoms. The highest BCUT2D eigenvalue weighted by Gasteiger charge is 2.36. The number of halogens is 4. The molecule has 212 valence electrons. The molecule has 0 amide bonds. The summed E-state index contributed by atoms with van der Waals surface area (Å²) in [6, 6.07) is 5.37. The van der Waals surface area contributed by atoms with Crippen LogP contribution in [0.1, 0.15) is 95.6 Å². The van der Waals surface area contributed by atoms with E-state index in [0.717, 1.165) is 88.3 Å². The molecule has 7 heteroatoms. The fourth-order valence-electron chi connectivity index (χ4n) is 5.01. The third-order valence-corrected chi connectivity index (χ3v) is 7.35. The van der Waals surface area contributed by atoms with Gasteiger partial charge in [0, 0.05) is 25.3 Å². The highest BCUT2D eigenvalue weighted by atomic mass is 19.4. The van der Waals surface area contributed by atoms with Crippen LogP contribution >= 0.6 is 0 Å². The molecule has 3 nitrogen and oxygen atoms in total. The van der Waals surface area contributed by atoms with E-state index >= 15 is 4.39 Å². The highest BCUT2D eigenvalue weighted by molar-refractivity contribution is 5.60. The lowest BCUT2D eigenvalue weighted by Gasteiger charge is -2.23. The lowest BCUT2D eigenvalue weighted by atomic mass is 9.90. The highest BCUT2D eigenvalue weighted by Crippen LogP contribution is 2.45. The average molecular weight is 537 g/mol. The molecule has 0 saturated heterocycles. The van der Waals surface area contributed by atoms with Gasteiger partial charge in [-0.2, -0.15) is 13.2 Å². The van der Waals surface area contributed by atoms with Crippen molar-refractivity contribution in [2.45, 2.75) is 103 Å². The van der Waals surface area contributed by atoms with Crippen LogP contribution in [-0.4, -0.2) is 25.5 Å². The number of ether oxygens (including phenoxy) is 1. The van der Waals surface area contributed by atoms with E-state index in [1.54, 1.807) is 12.1 Å². The first kappa shape index (κ1) is 30.4. The summed E-state index contributed by atoms with van der Waals surface area (Å²) >= 11 is 0. The molecule has 1 aromatic rings. The maximum atomic E-state index is 16.0. The van der Waals surface area contributed by atoms with Gasteiger partial charge in [0.25, 0.3) is 0 Å². The molecule has 1 fully saturated rings. The van der Waals surface area contributed by atoms with E-state index in [1.165, 1.54) is 0 Å². The number of unbranched alkanes of at least 4 members (excludes halogenated alkanes) is 2. The van der Waals surface area contributed by atoms with E-state index in [-0.39, 0.29) is 17.8 Å². The van der Waals surface area contributed by atoms with Crippen molar-refractivity contribution in [3.63, 3.8) is 0 Å². The van der Waals surface area contributed by atoms with Gasteiger partial charge in [-0.1, -0.05) is 51.3 Å². The summed E-state index contributed by atoms with van der Waals surface area (Å²) in [6.45, 7) is 5.55. The van der Waals surface area contributed by atoms with Crippen LogP contribution in [0, 0.1) is 11.8 Å². The molecule has 2 unspecified atom stereocenters. The number of alkyl halides is 3. The van der Waals surface area contributed by atoms with Gasteiger partial charge in [0.1, 0.15) is 0 Å². The summed E-state index contributed by atoms with van der Waals surface area (Å²) in [7, 11) is 0. The Morgan fingerprint density at radius 3 is 2.42 bits per heavy atom. The largest absolute Gasteiger partial charge is 0.416 e. The van der Waals surface area contributed by atoms with Gasteiger partial charge < -0.3 is 10.1 Å². The minimum absolute atomic E-state index is 0.0145. The van der Waals surface area contributed by atoms with Crippen molar-refractivity contribution in [3.8, 4) is 0 Å². The Balaban J connectivity index is 1.66. The maximum absolute atomic E-state index is 16.0. The smallest absolute Gasteiger partial charge is 0.380 e. The number of aliphatic imine (C=N–C) groups is 1. The third-order valence-electron chi connectivity index (χ3n) is 7.35. The Kier molecular flexibility index (Phi) is 12.4. The van der Waals surface area contributed by atoms with Gasteiger partial charge >= 0.3 is 6.18 Å². The number of nitrogens with one attached hydrogen (secondary N) is 1. The van der Waals surface area contributed by atoms with Crippen LogP contribution in [0.2, 0.25) is 0 Å². The van der Waals surface area contributed by atoms with Crippen LogP contribution in [0.15, 0.2) is 52.6 Å². The zero-order chi connectivity index (χ0) is 27.4. The summed E-state index contributed by atoms with van der Waals surface area (Å²) in [5, 5.41) is 3.36. The van der Waals surface area contributed by atoms with Crippen molar-refractivity contribution < 1.29 is 22.3 Å². The number of allylic oxidation sites excluding steroid dienone is 3. The summed E-state index contributed by atoms with van der Waals surface area (Å²) < 4.78 is 60.6. The first-order valence-electron chi connectivity index (χ1n) is 14.5. The maximum Gasteiger partial charge on any atom is 0.416 e. The monoisotopic (exact) mass is 536 g/mol. The van der Waals surface area contributed by atoms with E-state index in [2.05, 4.69) is 24.2 Å². The molecule has 2 atom stereocenters. The lowest BCUT2D eigenvalue weighted by Crippen LogP contribution is -2.30. The van der Waals surface area contributed by atoms with Gasteiger partial charge in [0.15, 0.2) is 5.83 Å².